The maximum absolute atomic E-state index is 13.3. The van der Waals surface area contributed by atoms with Gasteiger partial charge in [-0.25, -0.2) is 9.59 Å². The van der Waals surface area contributed by atoms with E-state index < -0.39 is 29.4 Å². The average molecular weight is 397 g/mol. The van der Waals surface area contributed by atoms with Gasteiger partial charge >= 0.3 is 18.2 Å². The van der Waals surface area contributed by atoms with Crippen molar-refractivity contribution in [1.29, 1.82) is 0 Å². The Morgan fingerprint density at radius 1 is 1.04 bits per heavy atom. The first-order valence-electron chi connectivity index (χ1n) is 8.17. The molecule has 0 bridgehead atoms. The summed E-state index contributed by atoms with van der Waals surface area (Å²) in [4.78, 5) is 25.1. The summed E-state index contributed by atoms with van der Waals surface area (Å²) in [5.74, 6) is -1.55. The van der Waals surface area contributed by atoms with E-state index in [-0.39, 0.29) is 12.2 Å². The zero-order chi connectivity index (χ0) is 20.9. The second-order valence-electron chi connectivity index (χ2n) is 5.67. The molecule has 0 saturated heterocycles. The minimum Gasteiger partial charge on any atom is -0.466 e. The maximum Gasteiger partial charge on any atom is 0.432 e. The lowest BCUT2D eigenvalue weighted by molar-refractivity contribution is -0.266. The Morgan fingerprint density at radius 2 is 1.61 bits per heavy atom. The highest BCUT2D eigenvalue weighted by atomic mass is 19.4. The van der Waals surface area contributed by atoms with E-state index in [1.165, 1.54) is 17.0 Å². The van der Waals surface area contributed by atoms with Crippen LogP contribution < -0.4 is 9.64 Å². The Labute approximate surface area is 159 Å². The molecule has 9 heteroatoms. The van der Waals surface area contributed by atoms with E-state index in [4.69, 9.17) is 4.74 Å². The topological polar surface area (TPSA) is 76.1 Å². The number of benzene rings is 2. The van der Waals surface area contributed by atoms with Crippen LogP contribution in [0.15, 0.2) is 54.6 Å². The minimum atomic E-state index is -5.29. The molecule has 1 N–H and O–H groups in total. The number of nitrogens with zero attached hydrogens (tertiary/aromatic N) is 1. The smallest absolute Gasteiger partial charge is 0.432 e. The van der Waals surface area contributed by atoms with Crippen LogP contribution in [0.2, 0.25) is 0 Å². The predicted molar refractivity (Wildman–Crippen MR) is 93.9 cm³/mol. The second kappa shape index (κ2) is 8.30. The van der Waals surface area contributed by atoms with Crippen molar-refractivity contribution in [3.63, 3.8) is 0 Å². The fraction of sp³-hybridized carbons (Fsp3) is 0.263. The largest absolute Gasteiger partial charge is 0.466 e. The van der Waals surface area contributed by atoms with Crippen molar-refractivity contribution in [3.8, 4) is 5.75 Å². The second-order valence-corrected chi connectivity index (χ2v) is 5.67. The summed E-state index contributed by atoms with van der Waals surface area (Å²) in [7, 11) is 0.742. The van der Waals surface area contributed by atoms with Crippen LogP contribution in [-0.4, -0.2) is 37.0 Å². The van der Waals surface area contributed by atoms with Crippen molar-refractivity contribution >= 4 is 17.7 Å². The standard InChI is InChI=1S/C19H18F3NO5/c1-3-23(17(25)28-15-7-5-4-6-8-15)14-11-9-13(10-12-14)18(26,16(24)27-2)19(20,21)22/h4-12,26H,3H2,1-2H3/t18-/m0/s1. The molecule has 0 aromatic heterocycles. The third-order valence-corrected chi connectivity index (χ3v) is 3.97. The first-order valence-corrected chi connectivity index (χ1v) is 8.17. The van der Waals surface area contributed by atoms with E-state index in [1.807, 2.05) is 0 Å². The number of halogens is 3. The summed E-state index contributed by atoms with van der Waals surface area (Å²) < 4.78 is 49.2. The quantitative estimate of drug-likeness (QED) is 0.780. The molecule has 1 atom stereocenters. The first-order chi connectivity index (χ1) is 13.1. The Hall–Kier alpha value is -3.07. The SMILES string of the molecule is CCN(C(=O)Oc1ccccc1)c1ccc([C@](O)(C(=O)OC)C(F)(F)F)cc1. The number of rotatable bonds is 5. The highest BCUT2D eigenvalue weighted by molar-refractivity contribution is 5.89. The Bertz CT molecular complexity index is 824. The van der Waals surface area contributed by atoms with Gasteiger partial charge in [-0.3, -0.25) is 4.90 Å². The third-order valence-electron chi connectivity index (χ3n) is 3.97. The van der Waals surface area contributed by atoms with E-state index in [1.54, 1.807) is 37.3 Å². The van der Waals surface area contributed by atoms with Crippen LogP contribution in [0, 0.1) is 0 Å². The molecule has 2 aromatic carbocycles. The highest BCUT2D eigenvalue weighted by Crippen LogP contribution is 2.40. The molecule has 0 aliphatic rings. The molecule has 0 spiro atoms. The number of ether oxygens (including phenoxy) is 2. The molecule has 2 aromatic rings. The maximum atomic E-state index is 13.3. The van der Waals surface area contributed by atoms with Crippen LogP contribution >= 0.6 is 0 Å². The van der Waals surface area contributed by atoms with Gasteiger partial charge < -0.3 is 14.6 Å². The fourth-order valence-electron chi connectivity index (χ4n) is 2.49. The summed E-state index contributed by atoms with van der Waals surface area (Å²) in [5.41, 5.74) is -4.33. The lowest BCUT2D eigenvalue weighted by Crippen LogP contribution is -2.49. The number of alkyl halides is 3. The molecule has 2 rings (SSSR count). The number of methoxy groups -OCH3 is 1. The van der Waals surface area contributed by atoms with E-state index >= 15 is 0 Å². The van der Waals surface area contributed by atoms with Crippen LogP contribution in [0.5, 0.6) is 5.75 Å². The fourth-order valence-corrected chi connectivity index (χ4v) is 2.49. The van der Waals surface area contributed by atoms with E-state index in [2.05, 4.69) is 4.74 Å². The average Bonchev–Trinajstić information content (AvgIpc) is 2.67. The number of aliphatic hydroxyl groups is 1. The van der Waals surface area contributed by atoms with Crippen molar-refractivity contribution in [2.24, 2.45) is 0 Å². The van der Waals surface area contributed by atoms with Gasteiger partial charge in [0.2, 0.25) is 0 Å². The molecule has 0 unspecified atom stereocenters. The Morgan fingerprint density at radius 3 is 2.07 bits per heavy atom. The molecule has 150 valence electrons. The van der Waals surface area contributed by atoms with E-state index in [0.29, 0.717) is 5.75 Å². The van der Waals surface area contributed by atoms with Crippen LogP contribution in [0.3, 0.4) is 0 Å². The Balaban J connectivity index is 2.30. The molecule has 0 heterocycles. The molecule has 0 fully saturated rings. The molecular formula is C19H18F3NO5. The summed E-state index contributed by atoms with van der Waals surface area (Å²) in [6.45, 7) is 1.83. The first kappa shape index (κ1) is 21.2. The lowest BCUT2D eigenvalue weighted by Gasteiger charge is -2.28. The minimum absolute atomic E-state index is 0.172. The molecule has 0 radical (unpaired) electrons. The van der Waals surface area contributed by atoms with Gasteiger partial charge in [0.1, 0.15) is 5.75 Å². The summed E-state index contributed by atoms with van der Waals surface area (Å²) in [6.07, 6.45) is -6.03. The Kier molecular flexibility index (Phi) is 6.30. The number of carbonyl (C=O) groups excluding carboxylic acids is 2. The zero-order valence-electron chi connectivity index (χ0n) is 15.1. The molecule has 6 nitrogen and oxygen atoms in total. The summed E-state index contributed by atoms with van der Waals surface area (Å²) in [6, 6.07) is 12.4. The van der Waals surface area contributed by atoms with Crippen LogP contribution in [0.4, 0.5) is 23.7 Å². The summed E-state index contributed by atoms with van der Waals surface area (Å²) >= 11 is 0. The van der Waals surface area contributed by atoms with Gasteiger partial charge in [-0.05, 0) is 31.2 Å². The predicted octanol–water partition coefficient (Wildman–Crippen LogP) is 3.63. The van der Waals surface area contributed by atoms with Crippen LogP contribution in [-0.2, 0) is 15.1 Å². The van der Waals surface area contributed by atoms with Crippen LogP contribution in [0.1, 0.15) is 12.5 Å². The lowest BCUT2D eigenvalue weighted by atomic mass is 9.93. The zero-order valence-corrected chi connectivity index (χ0v) is 15.1. The third kappa shape index (κ3) is 4.09. The van der Waals surface area contributed by atoms with Gasteiger partial charge in [-0.2, -0.15) is 13.2 Å². The number of hydrogen-bond acceptors (Lipinski definition) is 5. The van der Waals surface area contributed by atoms with Crippen molar-refractivity contribution in [2.75, 3.05) is 18.6 Å². The van der Waals surface area contributed by atoms with Gasteiger partial charge in [-0.1, -0.05) is 30.3 Å². The number of hydrogen-bond donors (Lipinski definition) is 1. The van der Waals surface area contributed by atoms with Gasteiger partial charge in [0.25, 0.3) is 5.60 Å². The van der Waals surface area contributed by atoms with Gasteiger partial charge in [0.15, 0.2) is 0 Å². The summed E-state index contributed by atoms with van der Waals surface area (Å²) in [5, 5.41) is 9.97. The van der Waals surface area contributed by atoms with Crippen molar-refractivity contribution in [2.45, 2.75) is 18.7 Å². The van der Waals surface area contributed by atoms with Gasteiger partial charge in [0, 0.05) is 17.8 Å². The van der Waals surface area contributed by atoms with Crippen molar-refractivity contribution < 1.29 is 37.3 Å². The number of amides is 1. The van der Waals surface area contributed by atoms with Crippen molar-refractivity contribution in [3.05, 3.63) is 60.2 Å². The monoisotopic (exact) mass is 397 g/mol. The highest BCUT2D eigenvalue weighted by Gasteiger charge is 2.62. The van der Waals surface area contributed by atoms with Crippen molar-refractivity contribution in [1.82, 2.24) is 0 Å². The van der Waals surface area contributed by atoms with Gasteiger partial charge in [0.05, 0.1) is 7.11 Å². The van der Waals surface area contributed by atoms with Crippen LogP contribution in [0.25, 0.3) is 0 Å². The number of para-hydroxylation sites is 1. The molecule has 0 saturated carbocycles. The molecule has 0 aliphatic carbocycles. The van der Waals surface area contributed by atoms with E-state index in [9.17, 15) is 27.9 Å². The molecule has 0 aliphatic heterocycles. The molecule has 28 heavy (non-hydrogen) atoms. The molecular weight excluding hydrogens is 379 g/mol. The number of carbonyl (C=O) groups is 2. The number of anilines is 1. The number of esters is 1. The normalized spacial score (nSPS) is 13.4. The van der Waals surface area contributed by atoms with E-state index in [0.717, 1.165) is 19.2 Å². The molecule has 1 amide bonds. The van der Waals surface area contributed by atoms with Gasteiger partial charge in [-0.15, -0.1) is 0 Å².